The first-order chi connectivity index (χ1) is 17.0. The van der Waals surface area contributed by atoms with Gasteiger partial charge in [0.15, 0.2) is 0 Å². The lowest BCUT2D eigenvalue weighted by Gasteiger charge is -2.12. The predicted octanol–water partition coefficient (Wildman–Crippen LogP) is 4.98. The number of carbonyl (C=O) groups excluding carboxylic acids is 2. The van der Waals surface area contributed by atoms with Crippen LogP contribution in [-0.2, 0) is 13.1 Å². The van der Waals surface area contributed by atoms with Crippen LogP contribution in [-0.4, -0.2) is 16.7 Å². The molecule has 0 spiro atoms. The second-order valence-corrected chi connectivity index (χ2v) is 7.59. The van der Waals surface area contributed by atoms with Crippen molar-refractivity contribution in [2.24, 2.45) is 0 Å². The molecule has 0 aliphatic heterocycles. The topological polar surface area (TPSA) is 127 Å². The number of nitrogens with one attached hydrogen (secondary N) is 3. The van der Waals surface area contributed by atoms with E-state index in [4.69, 9.17) is 4.42 Å². The van der Waals surface area contributed by atoms with Crippen LogP contribution in [0.25, 0.3) is 0 Å². The lowest BCUT2D eigenvalue weighted by Crippen LogP contribution is -2.24. The van der Waals surface area contributed by atoms with Gasteiger partial charge in [-0.1, -0.05) is 42.5 Å². The summed E-state index contributed by atoms with van der Waals surface area (Å²) >= 11 is 0. The van der Waals surface area contributed by atoms with E-state index in [-0.39, 0.29) is 29.0 Å². The van der Waals surface area contributed by atoms with Gasteiger partial charge in [-0.25, -0.2) is 0 Å². The Morgan fingerprint density at radius 2 is 1.60 bits per heavy atom. The molecule has 0 radical (unpaired) electrons. The molecule has 1 aromatic heterocycles. The number of nitrogens with zero attached hydrogens (tertiary/aromatic N) is 1. The van der Waals surface area contributed by atoms with Gasteiger partial charge in [-0.05, 0) is 42.0 Å². The van der Waals surface area contributed by atoms with Crippen LogP contribution in [0.3, 0.4) is 0 Å². The van der Waals surface area contributed by atoms with Crippen LogP contribution in [0.5, 0.6) is 0 Å². The van der Waals surface area contributed by atoms with Crippen molar-refractivity contribution in [3.05, 3.63) is 124 Å². The standard InChI is InChI=1S/C26H22N4O5/c31-25(29-22-11-5-4-10-21(22)26(32)28-17-20-9-6-14-35-20)19-12-13-23(24(15-19)30(33)34)27-16-18-7-2-1-3-8-18/h1-15,27H,16-17H2,(H,28,32)(H,29,31). The zero-order chi connectivity index (χ0) is 24.6. The number of rotatable bonds is 9. The zero-order valence-corrected chi connectivity index (χ0v) is 18.6. The minimum Gasteiger partial charge on any atom is -0.467 e. The summed E-state index contributed by atoms with van der Waals surface area (Å²) in [5, 5.41) is 20.1. The van der Waals surface area contributed by atoms with E-state index >= 15 is 0 Å². The normalized spacial score (nSPS) is 10.4. The lowest BCUT2D eigenvalue weighted by molar-refractivity contribution is -0.384. The van der Waals surface area contributed by atoms with Crippen molar-refractivity contribution in [3.8, 4) is 0 Å². The molecule has 0 saturated heterocycles. The third kappa shape index (κ3) is 5.91. The molecule has 35 heavy (non-hydrogen) atoms. The number of amides is 2. The highest BCUT2D eigenvalue weighted by Crippen LogP contribution is 2.27. The first kappa shape index (κ1) is 23.2. The number of anilines is 2. The summed E-state index contributed by atoms with van der Waals surface area (Å²) in [6.07, 6.45) is 1.51. The highest BCUT2D eigenvalue weighted by Gasteiger charge is 2.19. The molecule has 4 aromatic rings. The second-order valence-electron chi connectivity index (χ2n) is 7.59. The number of carbonyl (C=O) groups is 2. The highest BCUT2D eigenvalue weighted by atomic mass is 16.6. The van der Waals surface area contributed by atoms with Gasteiger partial charge in [-0.3, -0.25) is 19.7 Å². The third-order valence-corrected chi connectivity index (χ3v) is 5.21. The SMILES string of the molecule is O=C(Nc1ccccc1C(=O)NCc1ccco1)c1ccc(NCc2ccccc2)c([N+](=O)[O-])c1. The molecule has 2 amide bonds. The van der Waals surface area contributed by atoms with E-state index in [1.165, 1.54) is 24.5 Å². The smallest absolute Gasteiger partial charge is 0.293 e. The van der Waals surface area contributed by atoms with Gasteiger partial charge in [-0.2, -0.15) is 0 Å². The summed E-state index contributed by atoms with van der Waals surface area (Å²) in [4.78, 5) is 36.7. The van der Waals surface area contributed by atoms with Crippen LogP contribution in [0.15, 0.2) is 95.6 Å². The molecule has 0 aliphatic carbocycles. The minimum atomic E-state index is -0.575. The van der Waals surface area contributed by atoms with Crippen LogP contribution < -0.4 is 16.0 Å². The van der Waals surface area contributed by atoms with Crippen molar-refractivity contribution in [3.63, 3.8) is 0 Å². The number of benzene rings is 3. The third-order valence-electron chi connectivity index (χ3n) is 5.21. The lowest BCUT2D eigenvalue weighted by atomic mass is 10.1. The molecule has 0 bridgehead atoms. The van der Waals surface area contributed by atoms with E-state index in [0.717, 1.165) is 5.56 Å². The molecular formula is C26H22N4O5. The van der Waals surface area contributed by atoms with E-state index in [2.05, 4.69) is 16.0 Å². The Kier molecular flexibility index (Phi) is 7.17. The maximum absolute atomic E-state index is 12.9. The molecule has 0 aliphatic rings. The zero-order valence-electron chi connectivity index (χ0n) is 18.6. The fourth-order valence-electron chi connectivity index (χ4n) is 3.43. The van der Waals surface area contributed by atoms with E-state index < -0.39 is 16.7 Å². The molecule has 0 fully saturated rings. The Hall–Kier alpha value is -4.92. The van der Waals surface area contributed by atoms with Crippen molar-refractivity contribution in [2.75, 3.05) is 10.6 Å². The van der Waals surface area contributed by atoms with Gasteiger partial charge < -0.3 is 20.4 Å². The number of hydrogen-bond donors (Lipinski definition) is 3. The number of hydrogen-bond acceptors (Lipinski definition) is 6. The van der Waals surface area contributed by atoms with Gasteiger partial charge in [0.2, 0.25) is 0 Å². The monoisotopic (exact) mass is 470 g/mol. The molecule has 4 rings (SSSR count). The van der Waals surface area contributed by atoms with Crippen molar-refractivity contribution >= 4 is 28.9 Å². The number of nitro benzene ring substituents is 1. The Balaban J connectivity index is 1.48. The summed E-state index contributed by atoms with van der Waals surface area (Å²) in [6.45, 7) is 0.589. The van der Waals surface area contributed by atoms with E-state index in [9.17, 15) is 19.7 Å². The summed E-state index contributed by atoms with van der Waals surface area (Å²) in [7, 11) is 0. The van der Waals surface area contributed by atoms with Gasteiger partial charge in [0, 0.05) is 18.2 Å². The van der Waals surface area contributed by atoms with Crippen molar-refractivity contribution < 1.29 is 18.9 Å². The number of furan rings is 1. The predicted molar refractivity (Wildman–Crippen MR) is 131 cm³/mol. The van der Waals surface area contributed by atoms with Gasteiger partial charge >= 0.3 is 0 Å². The summed E-state index contributed by atoms with van der Waals surface area (Å²) < 4.78 is 5.21. The Labute approximate surface area is 200 Å². The molecule has 176 valence electrons. The average Bonchev–Trinajstić information content (AvgIpc) is 3.40. The fraction of sp³-hybridized carbons (Fsp3) is 0.0769. The summed E-state index contributed by atoms with van der Waals surface area (Å²) in [6, 6.07) is 23.6. The van der Waals surface area contributed by atoms with Crippen LogP contribution in [0.1, 0.15) is 32.0 Å². The molecule has 0 unspecified atom stereocenters. The largest absolute Gasteiger partial charge is 0.467 e. The van der Waals surface area contributed by atoms with E-state index in [0.29, 0.717) is 18.0 Å². The molecule has 0 saturated carbocycles. The first-order valence-electron chi connectivity index (χ1n) is 10.8. The molecule has 1 heterocycles. The maximum Gasteiger partial charge on any atom is 0.293 e. The van der Waals surface area contributed by atoms with Crippen LogP contribution >= 0.6 is 0 Å². The molecule has 9 heteroatoms. The summed E-state index contributed by atoms with van der Waals surface area (Å²) in [5.41, 5.74) is 1.66. The highest BCUT2D eigenvalue weighted by molar-refractivity contribution is 6.09. The van der Waals surface area contributed by atoms with Crippen LogP contribution in [0.2, 0.25) is 0 Å². The average molecular weight is 470 g/mol. The fourth-order valence-corrected chi connectivity index (χ4v) is 3.43. The molecule has 3 aromatic carbocycles. The van der Waals surface area contributed by atoms with Crippen LogP contribution in [0.4, 0.5) is 17.1 Å². The number of para-hydroxylation sites is 1. The van der Waals surface area contributed by atoms with Crippen molar-refractivity contribution in [1.82, 2.24) is 5.32 Å². The first-order valence-corrected chi connectivity index (χ1v) is 10.8. The number of nitro groups is 1. The van der Waals surface area contributed by atoms with E-state index in [1.807, 2.05) is 30.3 Å². The van der Waals surface area contributed by atoms with Crippen molar-refractivity contribution in [1.29, 1.82) is 0 Å². The van der Waals surface area contributed by atoms with E-state index in [1.54, 1.807) is 36.4 Å². The molecule has 0 atom stereocenters. The Morgan fingerprint density at radius 3 is 2.34 bits per heavy atom. The summed E-state index contributed by atoms with van der Waals surface area (Å²) in [5.74, 6) is -0.383. The van der Waals surface area contributed by atoms with Gasteiger partial charge in [0.05, 0.1) is 29.0 Å². The molecule has 9 nitrogen and oxygen atoms in total. The Morgan fingerprint density at radius 1 is 0.829 bits per heavy atom. The van der Waals surface area contributed by atoms with Gasteiger partial charge in [0.25, 0.3) is 17.5 Å². The second kappa shape index (κ2) is 10.8. The minimum absolute atomic E-state index is 0.0905. The molecular weight excluding hydrogens is 448 g/mol. The van der Waals surface area contributed by atoms with Gasteiger partial charge in [-0.15, -0.1) is 0 Å². The maximum atomic E-state index is 12.9. The molecule has 3 N–H and O–H groups in total. The van der Waals surface area contributed by atoms with Gasteiger partial charge in [0.1, 0.15) is 11.4 Å². The van der Waals surface area contributed by atoms with Crippen LogP contribution in [0, 0.1) is 10.1 Å². The quantitative estimate of drug-likeness (QED) is 0.234. The van der Waals surface area contributed by atoms with Crippen molar-refractivity contribution in [2.45, 2.75) is 13.1 Å². The Bertz CT molecular complexity index is 1340.